The molecule has 1 aromatic rings. The molecule has 0 spiro atoms. The Morgan fingerprint density at radius 3 is 2.88 bits per heavy atom. The molecule has 3 N–H and O–H groups in total. The van der Waals surface area contributed by atoms with E-state index in [1.54, 1.807) is 23.1 Å². The maximum atomic E-state index is 11.8. The molecule has 1 unspecified atom stereocenters. The lowest BCUT2D eigenvalue weighted by Gasteiger charge is -2.19. The average Bonchev–Trinajstić information content (AvgIpc) is 2.60. The number of anilines is 1. The largest absolute Gasteiger partial charge is 0.508 e. The lowest BCUT2D eigenvalue weighted by atomic mass is 10.1. The van der Waals surface area contributed by atoms with Crippen LogP contribution in [0.5, 0.6) is 5.75 Å². The minimum Gasteiger partial charge on any atom is -0.508 e. The van der Waals surface area contributed by atoms with Crippen molar-refractivity contribution < 1.29 is 9.90 Å². The minimum absolute atomic E-state index is 0.115. The van der Waals surface area contributed by atoms with Crippen molar-refractivity contribution >= 4 is 11.6 Å². The zero-order chi connectivity index (χ0) is 11.7. The van der Waals surface area contributed by atoms with Crippen LogP contribution in [0.1, 0.15) is 12.0 Å². The van der Waals surface area contributed by atoms with E-state index in [-0.39, 0.29) is 17.6 Å². The molecule has 1 fully saturated rings. The lowest BCUT2D eigenvalue weighted by Crippen LogP contribution is -2.26. The monoisotopic (exact) mass is 220 g/mol. The highest BCUT2D eigenvalue weighted by molar-refractivity contribution is 5.96. The highest BCUT2D eigenvalue weighted by atomic mass is 16.3. The van der Waals surface area contributed by atoms with E-state index >= 15 is 0 Å². The number of nitrogens with two attached hydrogens (primary N) is 1. The van der Waals surface area contributed by atoms with Crippen LogP contribution in [-0.4, -0.2) is 24.1 Å². The van der Waals surface area contributed by atoms with Crippen LogP contribution in [0.4, 0.5) is 5.69 Å². The van der Waals surface area contributed by atoms with Crippen molar-refractivity contribution in [3.05, 3.63) is 23.8 Å². The third-order valence-electron chi connectivity index (χ3n) is 3.01. The molecular formula is C12H16N2O2. The number of nitrogens with zero attached hydrogens (tertiary/aromatic N) is 1. The number of phenolic OH excluding ortho intramolecular Hbond substituents is 1. The van der Waals surface area contributed by atoms with Crippen LogP contribution in [0.25, 0.3) is 0 Å². The molecule has 0 bridgehead atoms. The van der Waals surface area contributed by atoms with Gasteiger partial charge in [0.05, 0.1) is 0 Å². The Morgan fingerprint density at radius 1 is 1.56 bits per heavy atom. The summed E-state index contributed by atoms with van der Waals surface area (Å²) < 4.78 is 0. The first-order chi connectivity index (χ1) is 7.61. The predicted octanol–water partition coefficient (Wildman–Crippen LogP) is 1.01. The smallest absolute Gasteiger partial charge is 0.227 e. The first kappa shape index (κ1) is 11.0. The molecule has 1 aliphatic heterocycles. The van der Waals surface area contributed by atoms with Gasteiger partial charge in [-0.05, 0) is 43.1 Å². The third-order valence-corrected chi connectivity index (χ3v) is 3.01. The van der Waals surface area contributed by atoms with Gasteiger partial charge in [0, 0.05) is 18.7 Å². The second-order valence-corrected chi connectivity index (χ2v) is 4.28. The van der Waals surface area contributed by atoms with E-state index in [1.807, 2.05) is 6.92 Å². The fourth-order valence-electron chi connectivity index (χ4n) is 2.11. The molecule has 0 aliphatic carbocycles. The summed E-state index contributed by atoms with van der Waals surface area (Å²) in [7, 11) is 0. The van der Waals surface area contributed by atoms with Crippen LogP contribution in [0, 0.1) is 12.8 Å². The van der Waals surface area contributed by atoms with Crippen molar-refractivity contribution in [3.63, 3.8) is 0 Å². The Bertz CT molecular complexity index is 417. The SMILES string of the molecule is Cc1cc(O)ccc1N1CC(CN)CC1=O. The van der Waals surface area contributed by atoms with E-state index < -0.39 is 0 Å². The number of carbonyl (C=O) groups excluding carboxylic acids is 1. The molecule has 2 rings (SSSR count). The number of carbonyl (C=O) groups is 1. The number of hydrogen-bond donors (Lipinski definition) is 2. The summed E-state index contributed by atoms with van der Waals surface area (Å²) in [5, 5.41) is 9.32. The van der Waals surface area contributed by atoms with Crippen molar-refractivity contribution in [1.29, 1.82) is 0 Å². The lowest BCUT2D eigenvalue weighted by molar-refractivity contribution is -0.117. The van der Waals surface area contributed by atoms with Gasteiger partial charge in [-0.25, -0.2) is 0 Å². The van der Waals surface area contributed by atoms with Crippen molar-refractivity contribution in [2.45, 2.75) is 13.3 Å². The zero-order valence-corrected chi connectivity index (χ0v) is 9.31. The Labute approximate surface area is 94.7 Å². The van der Waals surface area contributed by atoms with Crippen molar-refractivity contribution in [2.75, 3.05) is 18.0 Å². The fourth-order valence-corrected chi connectivity index (χ4v) is 2.11. The Balaban J connectivity index is 2.28. The van der Waals surface area contributed by atoms with Gasteiger partial charge in [0.25, 0.3) is 0 Å². The molecule has 4 heteroatoms. The molecule has 0 radical (unpaired) electrons. The van der Waals surface area contributed by atoms with E-state index in [0.29, 0.717) is 19.5 Å². The van der Waals surface area contributed by atoms with Crippen LogP contribution in [0.3, 0.4) is 0 Å². The van der Waals surface area contributed by atoms with E-state index in [9.17, 15) is 9.90 Å². The average molecular weight is 220 g/mol. The maximum absolute atomic E-state index is 11.8. The molecule has 1 atom stereocenters. The molecule has 0 aromatic heterocycles. The first-order valence-corrected chi connectivity index (χ1v) is 5.42. The second-order valence-electron chi connectivity index (χ2n) is 4.28. The summed E-state index contributed by atoms with van der Waals surface area (Å²) in [6.45, 7) is 3.11. The molecule has 1 saturated heterocycles. The highest BCUT2D eigenvalue weighted by Crippen LogP contribution is 2.29. The number of benzene rings is 1. The number of amides is 1. The Kier molecular flexibility index (Phi) is 2.83. The van der Waals surface area contributed by atoms with Crippen molar-refractivity contribution in [2.24, 2.45) is 11.7 Å². The van der Waals surface area contributed by atoms with E-state index in [4.69, 9.17) is 5.73 Å². The van der Waals surface area contributed by atoms with Gasteiger partial charge in [0.15, 0.2) is 0 Å². The molecule has 0 saturated carbocycles. The molecule has 1 heterocycles. The zero-order valence-electron chi connectivity index (χ0n) is 9.31. The standard InChI is InChI=1S/C12H16N2O2/c1-8-4-10(15)2-3-11(8)14-7-9(6-13)5-12(14)16/h2-4,9,15H,5-7,13H2,1H3. The van der Waals surface area contributed by atoms with E-state index in [2.05, 4.69) is 0 Å². The molecule has 86 valence electrons. The summed E-state index contributed by atoms with van der Waals surface area (Å²) in [5.74, 6) is 0.591. The molecule has 1 amide bonds. The van der Waals surface area contributed by atoms with Gasteiger partial charge < -0.3 is 15.7 Å². The third kappa shape index (κ3) is 1.88. The van der Waals surface area contributed by atoms with Gasteiger partial charge in [-0.1, -0.05) is 0 Å². The van der Waals surface area contributed by atoms with Crippen LogP contribution >= 0.6 is 0 Å². The number of hydrogen-bond acceptors (Lipinski definition) is 3. The van der Waals surface area contributed by atoms with Gasteiger partial charge in [-0.3, -0.25) is 4.79 Å². The van der Waals surface area contributed by atoms with Gasteiger partial charge >= 0.3 is 0 Å². The normalized spacial score (nSPS) is 20.5. The maximum Gasteiger partial charge on any atom is 0.227 e. The fraction of sp³-hybridized carbons (Fsp3) is 0.417. The van der Waals surface area contributed by atoms with Crippen LogP contribution in [-0.2, 0) is 4.79 Å². The minimum atomic E-state index is 0.115. The first-order valence-electron chi connectivity index (χ1n) is 5.42. The predicted molar refractivity (Wildman–Crippen MR) is 62.4 cm³/mol. The number of rotatable bonds is 2. The molecular weight excluding hydrogens is 204 g/mol. The van der Waals surface area contributed by atoms with Gasteiger partial charge in [0.1, 0.15) is 5.75 Å². The summed E-state index contributed by atoms with van der Waals surface area (Å²) in [6, 6.07) is 5.05. The molecule has 1 aliphatic rings. The molecule has 4 nitrogen and oxygen atoms in total. The summed E-state index contributed by atoms with van der Waals surface area (Å²) in [6.07, 6.45) is 0.525. The van der Waals surface area contributed by atoms with Gasteiger partial charge in [-0.2, -0.15) is 0 Å². The van der Waals surface area contributed by atoms with Gasteiger partial charge in [0.2, 0.25) is 5.91 Å². The van der Waals surface area contributed by atoms with Crippen LogP contribution < -0.4 is 10.6 Å². The van der Waals surface area contributed by atoms with Crippen LogP contribution in [0.15, 0.2) is 18.2 Å². The quantitative estimate of drug-likeness (QED) is 0.781. The Morgan fingerprint density at radius 2 is 2.31 bits per heavy atom. The van der Waals surface area contributed by atoms with Crippen LogP contribution in [0.2, 0.25) is 0 Å². The topological polar surface area (TPSA) is 66.6 Å². The number of aromatic hydroxyl groups is 1. The molecule has 1 aromatic carbocycles. The second kappa shape index (κ2) is 4.14. The molecule has 16 heavy (non-hydrogen) atoms. The summed E-state index contributed by atoms with van der Waals surface area (Å²) >= 11 is 0. The number of aryl methyl sites for hydroxylation is 1. The highest BCUT2D eigenvalue weighted by Gasteiger charge is 2.30. The van der Waals surface area contributed by atoms with E-state index in [0.717, 1.165) is 11.3 Å². The van der Waals surface area contributed by atoms with E-state index in [1.165, 1.54) is 0 Å². The Hall–Kier alpha value is -1.55. The van der Waals surface area contributed by atoms with Crippen molar-refractivity contribution in [1.82, 2.24) is 0 Å². The van der Waals surface area contributed by atoms with Crippen molar-refractivity contribution in [3.8, 4) is 5.75 Å². The van der Waals surface area contributed by atoms with Gasteiger partial charge in [-0.15, -0.1) is 0 Å². The summed E-state index contributed by atoms with van der Waals surface area (Å²) in [5.41, 5.74) is 7.36. The summed E-state index contributed by atoms with van der Waals surface area (Å²) in [4.78, 5) is 13.5. The number of phenols is 1.